The molecule has 78 valence electrons. The van der Waals surface area contributed by atoms with Crippen LogP contribution >= 0.6 is 0 Å². The summed E-state index contributed by atoms with van der Waals surface area (Å²) in [5.74, 6) is -0.329. The maximum atomic E-state index is 10.6. The summed E-state index contributed by atoms with van der Waals surface area (Å²) < 4.78 is 4.43. The van der Waals surface area contributed by atoms with Gasteiger partial charge in [0, 0.05) is 6.08 Å². The van der Waals surface area contributed by atoms with Gasteiger partial charge in [0.2, 0.25) is 0 Å². The first-order valence-corrected chi connectivity index (χ1v) is 4.89. The molecule has 0 aromatic heterocycles. The Hall–Kier alpha value is -1.31. The van der Waals surface area contributed by atoms with Crippen molar-refractivity contribution >= 4 is 5.97 Å². The fraction of sp³-hybridized carbons (Fsp3) is 0.417. The molecular weight excluding hydrogens is 176 g/mol. The van der Waals surface area contributed by atoms with E-state index in [9.17, 15) is 4.79 Å². The second-order valence-electron chi connectivity index (χ2n) is 2.84. The molecule has 0 aliphatic carbocycles. The second-order valence-corrected chi connectivity index (χ2v) is 2.84. The number of hydrogen-bond acceptors (Lipinski definition) is 2. The molecule has 0 amide bonds. The molecule has 0 aromatic carbocycles. The van der Waals surface area contributed by atoms with E-state index in [1.54, 1.807) is 12.2 Å². The van der Waals surface area contributed by atoms with Crippen molar-refractivity contribution in [1.29, 1.82) is 0 Å². The van der Waals surface area contributed by atoms with Crippen LogP contribution in [0, 0.1) is 0 Å². The first kappa shape index (κ1) is 12.7. The molecular formula is C12H18O2. The Morgan fingerprint density at radius 3 is 2.57 bits per heavy atom. The average molecular weight is 194 g/mol. The van der Waals surface area contributed by atoms with Gasteiger partial charge in [-0.3, -0.25) is 0 Å². The zero-order valence-electron chi connectivity index (χ0n) is 8.90. The number of methoxy groups -OCH3 is 1. The zero-order chi connectivity index (χ0) is 10.6. The van der Waals surface area contributed by atoms with Gasteiger partial charge in [-0.15, -0.1) is 0 Å². The predicted octanol–water partition coefficient (Wildman–Crippen LogP) is 3.02. The lowest BCUT2D eigenvalue weighted by Gasteiger charge is -1.86. The van der Waals surface area contributed by atoms with E-state index < -0.39 is 0 Å². The van der Waals surface area contributed by atoms with E-state index in [2.05, 4.69) is 17.7 Å². The Labute approximate surface area is 86.0 Å². The third-order valence-electron chi connectivity index (χ3n) is 1.63. The van der Waals surface area contributed by atoms with Gasteiger partial charge in [-0.2, -0.15) is 0 Å². The van der Waals surface area contributed by atoms with Gasteiger partial charge < -0.3 is 4.74 Å². The Morgan fingerprint density at radius 2 is 1.93 bits per heavy atom. The molecule has 0 aliphatic heterocycles. The van der Waals surface area contributed by atoms with Crippen LogP contribution in [0.5, 0.6) is 0 Å². The maximum absolute atomic E-state index is 10.6. The van der Waals surface area contributed by atoms with Crippen LogP contribution in [-0.4, -0.2) is 13.1 Å². The Morgan fingerprint density at radius 1 is 1.21 bits per heavy atom. The fourth-order valence-corrected chi connectivity index (χ4v) is 0.827. The number of hydrogen-bond donors (Lipinski definition) is 0. The monoisotopic (exact) mass is 194 g/mol. The largest absolute Gasteiger partial charge is 0.466 e. The van der Waals surface area contributed by atoms with Crippen LogP contribution in [0.15, 0.2) is 36.5 Å². The van der Waals surface area contributed by atoms with Crippen LogP contribution < -0.4 is 0 Å². The smallest absolute Gasteiger partial charge is 0.330 e. The molecule has 14 heavy (non-hydrogen) atoms. The van der Waals surface area contributed by atoms with Gasteiger partial charge in [-0.1, -0.05) is 50.1 Å². The molecule has 0 N–H and O–H groups in total. The van der Waals surface area contributed by atoms with Gasteiger partial charge in [0.25, 0.3) is 0 Å². The summed E-state index contributed by atoms with van der Waals surface area (Å²) in [6.07, 6.45) is 14.4. The molecule has 0 unspecified atom stereocenters. The summed E-state index contributed by atoms with van der Waals surface area (Å²) in [6, 6.07) is 0. The third kappa shape index (κ3) is 8.78. The van der Waals surface area contributed by atoms with E-state index in [-0.39, 0.29) is 5.97 Å². The normalized spacial score (nSPS) is 11.9. The van der Waals surface area contributed by atoms with Crippen molar-refractivity contribution in [3.8, 4) is 0 Å². The highest BCUT2D eigenvalue weighted by atomic mass is 16.5. The standard InChI is InChI=1S/C12H18O2/c1-3-4-5-6-7-8-9-10-11-12(13)14-2/h6-11H,3-5H2,1-2H3/b7-6+,9-8+,11-10+. The van der Waals surface area contributed by atoms with Crippen molar-refractivity contribution in [1.82, 2.24) is 0 Å². The molecule has 0 fully saturated rings. The lowest BCUT2D eigenvalue weighted by molar-refractivity contribution is -0.134. The number of allylic oxidation sites excluding steroid dienone is 5. The summed E-state index contributed by atoms with van der Waals surface area (Å²) in [5, 5.41) is 0. The number of ether oxygens (including phenoxy) is 1. The molecule has 0 spiro atoms. The molecule has 0 atom stereocenters. The summed E-state index contributed by atoms with van der Waals surface area (Å²) in [4.78, 5) is 10.6. The van der Waals surface area contributed by atoms with E-state index in [0.717, 1.165) is 6.42 Å². The van der Waals surface area contributed by atoms with Crippen molar-refractivity contribution in [3.63, 3.8) is 0 Å². The first-order valence-electron chi connectivity index (χ1n) is 4.89. The Kier molecular flexibility index (Phi) is 8.86. The van der Waals surface area contributed by atoms with Crippen LogP contribution in [-0.2, 0) is 9.53 Å². The second kappa shape index (κ2) is 9.78. The van der Waals surface area contributed by atoms with Gasteiger partial charge in [-0.25, -0.2) is 4.79 Å². The lowest BCUT2D eigenvalue weighted by atomic mass is 10.2. The molecule has 0 rings (SSSR count). The van der Waals surface area contributed by atoms with Crippen LogP contribution in [0.2, 0.25) is 0 Å². The van der Waals surface area contributed by atoms with Gasteiger partial charge in [0.15, 0.2) is 0 Å². The van der Waals surface area contributed by atoms with E-state index in [0.29, 0.717) is 0 Å². The molecule has 0 bridgehead atoms. The minimum absolute atomic E-state index is 0.329. The minimum atomic E-state index is -0.329. The highest BCUT2D eigenvalue weighted by molar-refractivity contribution is 5.82. The molecule has 0 radical (unpaired) electrons. The molecule has 2 heteroatoms. The van der Waals surface area contributed by atoms with Crippen LogP contribution in [0.4, 0.5) is 0 Å². The highest BCUT2D eigenvalue weighted by Gasteiger charge is 1.85. The van der Waals surface area contributed by atoms with E-state index in [4.69, 9.17) is 0 Å². The van der Waals surface area contributed by atoms with Gasteiger partial charge in [-0.05, 0) is 6.42 Å². The Balaban J connectivity index is 3.57. The summed E-state index contributed by atoms with van der Waals surface area (Å²) in [5.41, 5.74) is 0. The summed E-state index contributed by atoms with van der Waals surface area (Å²) in [7, 11) is 1.36. The topological polar surface area (TPSA) is 26.3 Å². The zero-order valence-corrected chi connectivity index (χ0v) is 8.90. The van der Waals surface area contributed by atoms with Crippen molar-refractivity contribution in [2.24, 2.45) is 0 Å². The average Bonchev–Trinajstić information content (AvgIpc) is 2.21. The molecule has 0 heterocycles. The number of carbonyl (C=O) groups excluding carboxylic acids is 1. The third-order valence-corrected chi connectivity index (χ3v) is 1.63. The molecule has 2 nitrogen and oxygen atoms in total. The minimum Gasteiger partial charge on any atom is -0.466 e. The number of carbonyl (C=O) groups is 1. The van der Waals surface area contributed by atoms with Crippen molar-refractivity contribution < 1.29 is 9.53 Å². The van der Waals surface area contributed by atoms with Gasteiger partial charge in [0.1, 0.15) is 0 Å². The van der Waals surface area contributed by atoms with E-state index in [1.807, 2.05) is 12.2 Å². The van der Waals surface area contributed by atoms with Gasteiger partial charge >= 0.3 is 5.97 Å². The quantitative estimate of drug-likeness (QED) is 0.281. The van der Waals surface area contributed by atoms with Gasteiger partial charge in [0.05, 0.1) is 7.11 Å². The van der Waals surface area contributed by atoms with E-state index in [1.165, 1.54) is 26.0 Å². The van der Waals surface area contributed by atoms with Crippen LogP contribution in [0.3, 0.4) is 0 Å². The molecule has 0 aliphatic rings. The van der Waals surface area contributed by atoms with Crippen LogP contribution in [0.25, 0.3) is 0 Å². The predicted molar refractivity (Wildman–Crippen MR) is 59.0 cm³/mol. The number of unbranched alkanes of at least 4 members (excludes halogenated alkanes) is 2. The summed E-state index contributed by atoms with van der Waals surface area (Å²) >= 11 is 0. The summed E-state index contributed by atoms with van der Waals surface area (Å²) in [6.45, 7) is 2.17. The van der Waals surface area contributed by atoms with Crippen molar-refractivity contribution in [2.45, 2.75) is 26.2 Å². The van der Waals surface area contributed by atoms with Crippen molar-refractivity contribution in [3.05, 3.63) is 36.5 Å². The molecule has 0 saturated heterocycles. The lowest BCUT2D eigenvalue weighted by Crippen LogP contribution is -1.92. The van der Waals surface area contributed by atoms with E-state index >= 15 is 0 Å². The van der Waals surface area contributed by atoms with Crippen LogP contribution in [0.1, 0.15) is 26.2 Å². The SMILES string of the molecule is CCCC/C=C/C=C/C=C/C(=O)OC. The Bertz CT molecular complexity index is 224. The first-order chi connectivity index (χ1) is 6.81. The number of esters is 1. The van der Waals surface area contributed by atoms with Crippen molar-refractivity contribution in [2.75, 3.05) is 7.11 Å². The highest BCUT2D eigenvalue weighted by Crippen LogP contribution is 1.94. The molecule has 0 saturated carbocycles. The maximum Gasteiger partial charge on any atom is 0.330 e. The number of rotatable bonds is 6. The fourth-order valence-electron chi connectivity index (χ4n) is 0.827. The molecule has 0 aromatic rings.